The highest BCUT2D eigenvalue weighted by molar-refractivity contribution is 5.40. The Morgan fingerprint density at radius 1 is 1.06 bits per heavy atom. The van der Waals surface area contributed by atoms with E-state index in [2.05, 4.69) is 25.1 Å². The van der Waals surface area contributed by atoms with Crippen molar-refractivity contribution in [1.82, 2.24) is 0 Å². The molecule has 18 heavy (non-hydrogen) atoms. The minimum absolute atomic E-state index is 0.734. The highest BCUT2D eigenvalue weighted by Crippen LogP contribution is 2.13. The Kier molecular flexibility index (Phi) is 4.24. The zero-order valence-electron chi connectivity index (χ0n) is 10.7. The quantitative estimate of drug-likeness (QED) is 0.641. The number of benzene rings is 2. The van der Waals surface area contributed by atoms with Crippen LogP contribution in [0.15, 0.2) is 48.5 Å². The highest BCUT2D eigenvalue weighted by atomic mass is 16.5. The summed E-state index contributed by atoms with van der Waals surface area (Å²) in [6.45, 7) is 2.81. The van der Waals surface area contributed by atoms with Crippen LogP contribution >= 0.6 is 0 Å². The van der Waals surface area contributed by atoms with Gasteiger partial charge in [-0.1, -0.05) is 29.8 Å². The third-order valence-electron chi connectivity index (χ3n) is 2.85. The van der Waals surface area contributed by atoms with Crippen LogP contribution in [0.2, 0.25) is 0 Å². The van der Waals surface area contributed by atoms with Crippen LogP contribution in [-0.2, 0) is 6.42 Å². The lowest BCUT2D eigenvalue weighted by molar-refractivity contribution is 0.311. The molecule has 0 aliphatic rings. The monoisotopic (exact) mass is 241 g/mol. The third-order valence-corrected chi connectivity index (χ3v) is 2.85. The minimum Gasteiger partial charge on any atom is -0.494 e. The van der Waals surface area contributed by atoms with Crippen molar-refractivity contribution >= 4 is 5.69 Å². The predicted molar refractivity (Wildman–Crippen MR) is 75.8 cm³/mol. The molecule has 0 aromatic heterocycles. The van der Waals surface area contributed by atoms with E-state index in [0.29, 0.717) is 0 Å². The molecule has 0 aliphatic carbocycles. The van der Waals surface area contributed by atoms with Crippen molar-refractivity contribution in [2.75, 3.05) is 12.3 Å². The van der Waals surface area contributed by atoms with E-state index in [-0.39, 0.29) is 0 Å². The molecule has 2 nitrogen and oxygen atoms in total. The van der Waals surface area contributed by atoms with Gasteiger partial charge in [0.2, 0.25) is 0 Å². The molecule has 0 fully saturated rings. The van der Waals surface area contributed by atoms with Crippen LogP contribution in [0.5, 0.6) is 5.75 Å². The average molecular weight is 241 g/mol. The molecule has 2 aromatic rings. The number of rotatable bonds is 5. The van der Waals surface area contributed by atoms with Gasteiger partial charge in [0.25, 0.3) is 0 Å². The summed E-state index contributed by atoms with van der Waals surface area (Å²) in [6.07, 6.45) is 1.99. The smallest absolute Gasteiger partial charge is 0.119 e. The lowest BCUT2D eigenvalue weighted by Crippen LogP contribution is -1.99. The molecular formula is C16H19NO. The molecule has 0 radical (unpaired) electrons. The van der Waals surface area contributed by atoms with Gasteiger partial charge >= 0.3 is 0 Å². The Balaban J connectivity index is 1.74. The highest BCUT2D eigenvalue weighted by Gasteiger charge is 1.96. The molecule has 0 saturated carbocycles. The van der Waals surface area contributed by atoms with Gasteiger partial charge in [0, 0.05) is 5.69 Å². The fourth-order valence-corrected chi connectivity index (χ4v) is 1.85. The van der Waals surface area contributed by atoms with E-state index in [0.717, 1.165) is 30.9 Å². The number of ether oxygens (including phenoxy) is 1. The van der Waals surface area contributed by atoms with E-state index < -0.39 is 0 Å². The Labute approximate surface area is 108 Å². The molecule has 2 aromatic carbocycles. The second kappa shape index (κ2) is 6.10. The van der Waals surface area contributed by atoms with Crippen molar-refractivity contribution in [1.29, 1.82) is 0 Å². The molecule has 0 heterocycles. The van der Waals surface area contributed by atoms with E-state index in [1.165, 1.54) is 11.1 Å². The van der Waals surface area contributed by atoms with E-state index in [1.807, 2.05) is 30.3 Å². The second-order valence-electron chi connectivity index (χ2n) is 4.51. The van der Waals surface area contributed by atoms with Crippen molar-refractivity contribution in [3.63, 3.8) is 0 Å². The molecule has 94 valence electrons. The Morgan fingerprint density at radius 3 is 2.56 bits per heavy atom. The largest absolute Gasteiger partial charge is 0.494 e. The lowest BCUT2D eigenvalue weighted by Gasteiger charge is -2.06. The summed E-state index contributed by atoms with van der Waals surface area (Å²) >= 11 is 0. The van der Waals surface area contributed by atoms with Gasteiger partial charge in [-0.15, -0.1) is 0 Å². The normalized spacial score (nSPS) is 10.3. The minimum atomic E-state index is 0.734. The molecule has 0 spiro atoms. The maximum absolute atomic E-state index is 5.74. The Morgan fingerprint density at radius 2 is 1.83 bits per heavy atom. The molecular weight excluding hydrogens is 222 g/mol. The van der Waals surface area contributed by atoms with Crippen molar-refractivity contribution in [2.45, 2.75) is 19.8 Å². The second-order valence-corrected chi connectivity index (χ2v) is 4.51. The first kappa shape index (κ1) is 12.5. The summed E-state index contributed by atoms with van der Waals surface area (Å²) < 4.78 is 5.68. The lowest BCUT2D eigenvalue weighted by atomic mass is 10.1. The molecule has 2 heteroatoms. The summed E-state index contributed by atoms with van der Waals surface area (Å²) in [4.78, 5) is 0. The van der Waals surface area contributed by atoms with Gasteiger partial charge in [0.05, 0.1) is 6.61 Å². The predicted octanol–water partition coefficient (Wildman–Crippen LogP) is 3.59. The average Bonchev–Trinajstić information content (AvgIpc) is 2.37. The number of hydrogen-bond acceptors (Lipinski definition) is 2. The zero-order valence-corrected chi connectivity index (χ0v) is 10.7. The SMILES string of the molecule is Cc1ccc(OCCCc2cccc(N)c2)cc1. The zero-order chi connectivity index (χ0) is 12.8. The van der Waals surface area contributed by atoms with Crippen LogP contribution < -0.4 is 10.5 Å². The summed E-state index contributed by atoms with van der Waals surface area (Å²) in [7, 11) is 0. The topological polar surface area (TPSA) is 35.2 Å². The number of nitrogens with two attached hydrogens (primary N) is 1. The first-order chi connectivity index (χ1) is 8.74. The standard InChI is InChI=1S/C16H19NO/c1-13-7-9-16(10-8-13)18-11-3-5-14-4-2-6-15(17)12-14/h2,4,6-10,12H,3,5,11,17H2,1H3. The summed E-state index contributed by atoms with van der Waals surface area (Å²) in [5.74, 6) is 0.938. The molecule has 0 unspecified atom stereocenters. The molecule has 2 N–H and O–H groups in total. The van der Waals surface area contributed by atoms with Gasteiger partial charge in [-0.2, -0.15) is 0 Å². The maximum atomic E-state index is 5.74. The summed E-state index contributed by atoms with van der Waals surface area (Å²) in [5, 5.41) is 0. The molecule has 0 bridgehead atoms. The Hall–Kier alpha value is -1.96. The Bertz CT molecular complexity index is 491. The molecule has 0 amide bonds. The van der Waals surface area contributed by atoms with Gasteiger partial charge in [-0.25, -0.2) is 0 Å². The van der Waals surface area contributed by atoms with Crippen LogP contribution in [0.25, 0.3) is 0 Å². The van der Waals surface area contributed by atoms with Crippen LogP contribution in [0, 0.1) is 6.92 Å². The van der Waals surface area contributed by atoms with Crippen LogP contribution in [0.4, 0.5) is 5.69 Å². The van der Waals surface area contributed by atoms with E-state index in [4.69, 9.17) is 10.5 Å². The van der Waals surface area contributed by atoms with Gasteiger partial charge in [0.15, 0.2) is 0 Å². The number of nitrogen functional groups attached to an aromatic ring is 1. The first-order valence-electron chi connectivity index (χ1n) is 6.28. The fourth-order valence-electron chi connectivity index (χ4n) is 1.85. The first-order valence-corrected chi connectivity index (χ1v) is 6.28. The van der Waals surface area contributed by atoms with Gasteiger partial charge in [-0.05, 0) is 49.6 Å². The fraction of sp³-hybridized carbons (Fsp3) is 0.250. The number of aryl methyl sites for hydroxylation is 2. The third kappa shape index (κ3) is 3.81. The molecule has 0 saturated heterocycles. The number of hydrogen-bond donors (Lipinski definition) is 1. The van der Waals surface area contributed by atoms with Crippen LogP contribution in [0.3, 0.4) is 0 Å². The number of anilines is 1. The van der Waals surface area contributed by atoms with E-state index >= 15 is 0 Å². The van der Waals surface area contributed by atoms with Crippen LogP contribution in [0.1, 0.15) is 17.5 Å². The van der Waals surface area contributed by atoms with Crippen molar-refractivity contribution < 1.29 is 4.74 Å². The van der Waals surface area contributed by atoms with Gasteiger partial charge in [0.1, 0.15) is 5.75 Å². The van der Waals surface area contributed by atoms with Crippen molar-refractivity contribution in [2.24, 2.45) is 0 Å². The summed E-state index contributed by atoms with van der Waals surface area (Å²) in [5.41, 5.74) is 9.08. The van der Waals surface area contributed by atoms with Crippen molar-refractivity contribution in [3.8, 4) is 5.75 Å². The maximum Gasteiger partial charge on any atom is 0.119 e. The molecule has 2 rings (SSSR count). The molecule has 0 atom stereocenters. The molecule has 0 aliphatic heterocycles. The van der Waals surface area contributed by atoms with E-state index in [1.54, 1.807) is 0 Å². The van der Waals surface area contributed by atoms with Crippen LogP contribution in [-0.4, -0.2) is 6.61 Å². The van der Waals surface area contributed by atoms with Gasteiger partial charge in [-0.3, -0.25) is 0 Å². The van der Waals surface area contributed by atoms with Crippen molar-refractivity contribution in [3.05, 3.63) is 59.7 Å². The van der Waals surface area contributed by atoms with Gasteiger partial charge < -0.3 is 10.5 Å². The summed E-state index contributed by atoms with van der Waals surface area (Å²) in [6, 6.07) is 16.2. The van der Waals surface area contributed by atoms with E-state index in [9.17, 15) is 0 Å².